The van der Waals surface area contributed by atoms with Crippen molar-refractivity contribution >= 4 is 27.5 Å². The zero-order chi connectivity index (χ0) is 19.9. The van der Waals surface area contributed by atoms with Crippen molar-refractivity contribution in [1.29, 1.82) is 5.26 Å². The number of ether oxygens (including phenoxy) is 2. The molecule has 2 aromatic rings. The Morgan fingerprint density at radius 2 is 1.85 bits per heavy atom. The van der Waals surface area contributed by atoms with Gasteiger partial charge in [0.25, 0.3) is 0 Å². The van der Waals surface area contributed by atoms with Crippen molar-refractivity contribution in [3.05, 3.63) is 58.0 Å². The van der Waals surface area contributed by atoms with Crippen molar-refractivity contribution in [2.24, 2.45) is 0 Å². The molecule has 0 saturated carbocycles. The average Bonchev–Trinajstić information content (AvgIpc) is 2.65. The number of sulfone groups is 1. The largest absolute Gasteiger partial charge is 0.490 e. The van der Waals surface area contributed by atoms with Gasteiger partial charge in [0.2, 0.25) is 9.84 Å². The molecule has 0 unspecified atom stereocenters. The maximum atomic E-state index is 12.8. The normalized spacial score (nSPS) is 11.7. The van der Waals surface area contributed by atoms with Crippen LogP contribution in [0.25, 0.3) is 6.08 Å². The van der Waals surface area contributed by atoms with Crippen molar-refractivity contribution in [2.75, 3.05) is 13.2 Å². The van der Waals surface area contributed by atoms with Gasteiger partial charge in [0.1, 0.15) is 11.0 Å². The summed E-state index contributed by atoms with van der Waals surface area (Å²) in [7, 11) is -3.98. The highest BCUT2D eigenvalue weighted by Crippen LogP contribution is 2.34. The third-order valence-corrected chi connectivity index (χ3v) is 5.50. The fourth-order valence-electron chi connectivity index (χ4n) is 2.33. The second kappa shape index (κ2) is 9.45. The lowest BCUT2D eigenvalue weighted by Crippen LogP contribution is -2.05. The van der Waals surface area contributed by atoms with Crippen LogP contribution in [0.4, 0.5) is 0 Å². The van der Waals surface area contributed by atoms with Crippen LogP contribution in [-0.2, 0) is 9.84 Å². The molecule has 0 amide bonds. The van der Waals surface area contributed by atoms with Gasteiger partial charge in [0, 0.05) is 10.6 Å². The zero-order valence-electron chi connectivity index (χ0n) is 15.1. The molecule has 0 heterocycles. The highest BCUT2D eigenvalue weighted by Gasteiger charge is 2.22. The van der Waals surface area contributed by atoms with Crippen molar-refractivity contribution < 1.29 is 17.9 Å². The molecule has 0 atom stereocenters. The molecule has 0 spiro atoms. The average molecular weight is 406 g/mol. The van der Waals surface area contributed by atoms with Crippen LogP contribution >= 0.6 is 11.6 Å². The van der Waals surface area contributed by atoms with E-state index in [4.69, 9.17) is 21.1 Å². The van der Waals surface area contributed by atoms with E-state index in [1.54, 1.807) is 24.3 Å². The fraction of sp³-hybridized carbons (Fsp3) is 0.250. The van der Waals surface area contributed by atoms with Crippen molar-refractivity contribution in [1.82, 2.24) is 0 Å². The molecular formula is C20H20ClNO4S. The van der Waals surface area contributed by atoms with E-state index in [0.717, 1.165) is 6.42 Å². The number of nitrogens with zero attached hydrogens (tertiary/aromatic N) is 1. The Hall–Kier alpha value is -2.49. The van der Waals surface area contributed by atoms with Crippen molar-refractivity contribution in [3.8, 4) is 17.6 Å². The first-order chi connectivity index (χ1) is 12.9. The number of halogens is 1. The minimum absolute atomic E-state index is 0.00307. The molecule has 0 bridgehead atoms. The maximum Gasteiger partial charge on any atom is 0.216 e. The van der Waals surface area contributed by atoms with Gasteiger partial charge in [-0.25, -0.2) is 8.42 Å². The molecule has 2 aromatic carbocycles. The molecule has 5 nitrogen and oxygen atoms in total. The molecule has 0 aliphatic rings. The number of para-hydroxylation sites is 1. The molecule has 0 aliphatic carbocycles. The van der Waals surface area contributed by atoms with Crippen LogP contribution in [0.2, 0.25) is 5.02 Å². The van der Waals surface area contributed by atoms with Crippen molar-refractivity contribution in [3.63, 3.8) is 0 Å². The Bertz CT molecular complexity index is 960. The van der Waals surface area contributed by atoms with E-state index in [1.165, 1.54) is 30.3 Å². The van der Waals surface area contributed by atoms with Crippen LogP contribution in [0.3, 0.4) is 0 Å². The molecule has 0 radical (unpaired) electrons. The third-order valence-electron chi connectivity index (χ3n) is 3.57. The number of hydrogen-bond donors (Lipinski definition) is 0. The van der Waals surface area contributed by atoms with E-state index >= 15 is 0 Å². The van der Waals surface area contributed by atoms with E-state index in [9.17, 15) is 13.7 Å². The van der Waals surface area contributed by atoms with Crippen LogP contribution in [0.15, 0.2) is 52.3 Å². The summed E-state index contributed by atoms with van der Waals surface area (Å²) < 4.78 is 36.9. The number of hydrogen-bond acceptors (Lipinski definition) is 5. The molecule has 27 heavy (non-hydrogen) atoms. The SMILES string of the molecule is CCCOc1c(/C=C(\C#N)S(=O)(=O)c2ccc(Cl)cc2)cccc1OCC. The second-order valence-electron chi connectivity index (χ2n) is 5.53. The highest BCUT2D eigenvalue weighted by atomic mass is 35.5. The summed E-state index contributed by atoms with van der Waals surface area (Å²) in [5, 5.41) is 9.90. The first-order valence-electron chi connectivity index (χ1n) is 8.45. The first kappa shape index (κ1) is 20.8. The van der Waals surface area contributed by atoms with Crippen molar-refractivity contribution in [2.45, 2.75) is 25.2 Å². The summed E-state index contributed by atoms with van der Waals surface area (Å²) in [6, 6.07) is 12.6. The Labute approximate surface area is 164 Å². The first-order valence-corrected chi connectivity index (χ1v) is 10.3. The van der Waals surface area contributed by atoms with E-state index < -0.39 is 9.84 Å². The third kappa shape index (κ3) is 5.03. The molecule has 0 aliphatic heterocycles. The van der Waals surface area contributed by atoms with Gasteiger partial charge in [-0.15, -0.1) is 0 Å². The maximum absolute atomic E-state index is 12.8. The predicted molar refractivity (Wildman–Crippen MR) is 106 cm³/mol. The Kier molecular flexibility index (Phi) is 7.28. The number of benzene rings is 2. The Morgan fingerprint density at radius 1 is 1.15 bits per heavy atom. The van der Waals surface area contributed by atoms with Gasteiger partial charge in [0.15, 0.2) is 11.5 Å². The second-order valence-corrected chi connectivity index (χ2v) is 7.89. The summed E-state index contributed by atoms with van der Waals surface area (Å²) in [4.78, 5) is -0.392. The number of allylic oxidation sites excluding steroid dienone is 1. The summed E-state index contributed by atoms with van der Waals surface area (Å²) in [6.07, 6.45) is 2.08. The van der Waals surface area contributed by atoms with E-state index in [-0.39, 0.29) is 9.80 Å². The number of nitriles is 1. The van der Waals surface area contributed by atoms with Crippen LogP contribution in [-0.4, -0.2) is 21.6 Å². The lowest BCUT2D eigenvalue weighted by Gasteiger charge is -2.14. The van der Waals surface area contributed by atoms with E-state index in [1.807, 2.05) is 13.8 Å². The van der Waals surface area contributed by atoms with E-state index in [2.05, 4.69) is 0 Å². The number of rotatable bonds is 8. The standard InChI is InChI=1S/C20H20ClNO4S/c1-3-12-26-20-15(6-5-7-19(20)25-4-2)13-18(14-22)27(23,24)17-10-8-16(21)9-11-17/h5-11,13H,3-4,12H2,1-2H3/b18-13+. The van der Waals surface area contributed by atoms with Gasteiger partial charge in [-0.1, -0.05) is 30.7 Å². The van der Waals surface area contributed by atoms with Crippen LogP contribution in [0.1, 0.15) is 25.8 Å². The predicted octanol–water partition coefficient (Wildman–Crippen LogP) is 4.87. The minimum atomic E-state index is -3.98. The smallest absolute Gasteiger partial charge is 0.216 e. The molecule has 7 heteroatoms. The summed E-state index contributed by atoms with van der Waals surface area (Å²) in [5.41, 5.74) is 0.462. The van der Waals surface area contributed by atoms with Gasteiger partial charge >= 0.3 is 0 Å². The molecule has 0 fully saturated rings. The Morgan fingerprint density at radius 3 is 2.44 bits per heavy atom. The fourth-order valence-corrected chi connectivity index (χ4v) is 3.60. The topological polar surface area (TPSA) is 76.4 Å². The lowest BCUT2D eigenvalue weighted by atomic mass is 10.1. The van der Waals surface area contributed by atoms with Gasteiger partial charge < -0.3 is 9.47 Å². The molecule has 142 valence electrons. The molecule has 0 N–H and O–H groups in total. The van der Waals surface area contributed by atoms with Gasteiger partial charge in [0.05, 0.1) is 18.1 Å². The summed E-state index contributed by atoms with van der Waals surface area (Å²) in [5.74, 6) is 0.918. The Balaban J connectivity index is 2.55. The van der Waals surface area contributed by atoms with E-state index in [0.29, 0.717) is 35.3 Å². The van der Waals surface area contributed by atoms with Crippen LogP contribution in [0, 0.1) is 11.3 Å². The van der Waals surface area contributed by atoms with Crippen LogP contribution in [0.5, 0.6) is 11.5 Å². The van der Waals surface area contributed by atoms with Gasteiger partial charge in [-0.3, -0.25) is 0 Å². The highest BCUT2D eigenvalue weighted by molar-refractivity contribution is 7.95. The molecule has 0 aromatic heterocycles. The quantitative estimate of drug-likeness (QED) is 0.586. The molecule has 2 rings (SSSR count). The van der Waals surface area contributed by atoms with Gasteiger partial charge in [-0.2, -0.15) is 5.26 Å². The molecular weight excluding hydrogens is 386 g/mol. The molecule has 0 saturated heterocycles. The zero-order valence-corrected chi connectivity index (χ0v) is 16.7. The van der Waals surface area contributed by atoms with Crippen LogP contribution < -0.4 is 9.47 Å². The minimum Gasteiger partial charge on any atom is -0.490 e. The lowest BCUT2D eigenvalue weighted by molar-refractivity contribution is 0.276. The monoisotopic (exact) mass is 405 g/mol. The summed E-state index contributed by atoms with van der Waals surface area (Å²) in [6.45, 7) is 4.68. The summed E-state index contributed by atoms with van der Waals surface area (Å²) >= 11 is 5.82. The van der Waals surface area contributed by atoms with Gasteiger partial charge in [-0.05, 0) is 49.8 Å².